The number of esters is 2. The molecule has 0 aromatic rings. The van der Waals surface area contributed by atoms with E-state index in [1.165, 1.54) is 56.4 Å². The first-order valence-electron chi connectivity index (χ1n) is 20.9. The van der Waals surface area contributed by atoms with Crippen LogP contribution in [0, 0.1) is 0 Å². The fraction of sp³-hybridized carbons (Fsp3) is 0.950. The number of phosphoric acid groups is 1. The number of unbranched alkanes of at least 4 members (excludes halogenated alkanes) is 17. The lowest BCUT2D eigenvalue weighted by atomic mass is 9.98. The third kappa shape index (κ3) is 24.2. The Morgan fingerprint density at radius 1 is 0.755 bits per heavy atom. The molecule has 1 fully saturated rings. The van der Waals surface area contributed by atoms with Crippen molar-refractivity contribution in [3.63, 3.8) is 0 Å². The Morgan fingerprint density at radius 3 is 1.72 bits per heavy atom. The average molecular weight is 778 g/mol. The summed E-state index contributed by atoms with van der Waals surface area (Å²) in [5, 5.41) is 13.9. The number of ether oxygens (including phenoxy) is 3. The maximum atomic E-state index is 12.8. The SMILES string of the molecule is CCCCCCCCCCCCCC(=O)OC[C@H](COP(=O)([O-])OCC[N+](C)(C)C)OC(=O)CCCCCCCCCCC1(CC)OCC(C)(C)N1[O]. The second kappa shape index (κ2) is 27.5. The standard InChI is InChI=1S/C40H78N2O10P/c1-8-10-11-12-13-14-15-16-19-22-25-28-37(43)48-33-36(34-51-53(46,47)50-32-31-42(5,6)7)52-38(44)29-26-23-20-17-18-21-24-27-30-40(9-2)41(45)39(3,4)35-49-40/h36H,8-35H2,1-7H3/t36-,40?/m1/s1. The minimum Gasteiger partial charge on any atom is -0.756 e. The van der Waals surface area contributed by atoms with E-state index in [0.717, 1.165) is 70.6 Å². The van der Waals surface area contributed by atoms with Gasteiger partial charge in [0.2, 0.25) is 0 Å². The molecular weight excluding hydrogens is 699 g/mol. The van der Waals surface area contributed by atoms with Gasteiger partial charge in [-0.05, 0) is 46.0 Å². The van der Waals surface area contributed by atoms with E-state index < -0.39 is 43.7 Å². The summed E-state index contributed by atoms with van der Waals surface area (Å²) >= 11 is 0. The minimum absolute atomic E-state index is 0.0458. The third-order valence-corrected chi connectivity index (χ3v) is 11.0. The van der Waals surface area contributed by atoms with Gasteiger partial charge in [-0.25, -0.2) is 0 Å². The van der Waals surface area contributed by atoms with Crippen molar-refractivity contribution in [2.24, 2.45) is 0 Å². The molecule has 1 aliphatic rings. The van der Waals surface area contributed by atoms with E-state index >= 15 is 0 Å². The van der Waals surface area contributed by atoms with Crippen molar-refractivity contribution in [3.8, 4) is 0 Å². The van der Waals surface area contributed by atoms with Gasteiger partial charge in [-0.3, -0.25) is 14.2 Å². The van der Waals surface area contributed by atoms with Gasteiger partial charge in [-0.2, -0.15) is 0 Å². The van der Waals surface area contributed by atoms with E-state index in [0.29, 0.717) is 30.5 Å². The number of hydrogen-bond donors (Lipinski definition) is 0. The van der Waals surface area contributed by atoms with Crippen molar-refractivity contribution in [1.29, 1.82) is 0 Å². The molecule has 0 N–H and O–H groups in total. The van der Waals surface area contributed by atoms with Gasteiger partial charge < -0.3 is 32.6 Å². The number of carbonyl (C=O) groups excluding carboxylic acids is 2. The molecule has 1 aliphatic heterocycles. The molecule has 53 heavy (non-hydrogen) atoms. The van der Waals surface area contributed by atoms with Gasteiger partial charge in [0.05, 0.1) is 39.9 Å². The Labute approximate surface area is 323 Å². The van der Waals surface area contributed by atoms with E-state index in [2.05, 4.69) is 6.92 Å². The Morgan fingerprint density at radius 2 is 1.25 bits per heavy atom. The van der Waals surface area contributed by atoms with Gasteiger partial charge in [0.15, 0.2) is 6.10 Å². The number of hydroxylamine groups is 2. The summed E-state index contributed by atoms with van der Waals surface area (Å²) in [7, 11) is 1.11. The van der Waals surface area contributed by atoms with Gasteiger partial charge in [0.1, 0.15) is 25.5 Å². The molecule has 0 bridgehead atoms. The van der Waals surface area contributed by atoms with Crippen LogP contribution in [0.1, 0.15) is 175 Å². The highest BCUT2D eigenvalue weighted by molar-refractivity contribution is 7.45. The number of likely N-dealkylation sites (N-methyl/N-ethyl adjacent to an activating group) is 1. The van der Waals surface area contributed by atoms with Crippen LogP contribution in [0.15, 0.2) is 0 Å². The predicted molar refractivity (Wildman–Crippen MR) is 206 cm³/mol. The molecule has 1 saturated heterocycles. The van der Waals surface area contributed by atoms with E-state index in [4.69, 9.17) is 23.3 Å². The van der Waals surface area contributed by atoms with Crippen LogP contribution in [0.2, 0.25) is 0 Å². The molecule has 1 rings (SSSR count). The number of carbonyl (C=O) groups is 2. The maximum Gasteiger partial charge on any atom is 0.306 e. The minimum atomic E-state index is -4.64. The first-order valence-corrected chi connectivity index (χ1v) is 22.4. The molecule has 0 aliphatic carbocycles. The van der Waals surface area contributed by atoms with Crippen molar-refractivity contribution in [2.45, 2.75) is 193 Å². The summed E-state index contributed by atoms with van der Waals surface area (Å²) in [6.07, 6.45) is 21.5. The van der Waals surface area contributed by atoms with Gasteiger partial charge in [-0.15, -0.1) is 10.3 Å². The first kappa shape index (κ1) is 49.9. The van der Waals surface area contributed by atoms with Crippen LogP contribution in [-0.4, -0.2) is 93.0 Å². The molecule has 313 valence electrons. The zero-order chi connectivity index (χ0) is 39.6. The summed E-state index contributed by atoms with van der Waals surface area (Å²) in [6, 6.07) is 0. The average Bonchev–Trinajstić information content (AvgIpc) is 3.32. The quantitative estimate of drug-likeness (QED) is 0.0269. The lowest BCUT2D eigenvalue weighted by Gasteiger charge is -2.34. The van der Waals surface area contributed by atoms with Crippen LogP contribution in [0.4, 0.5) is 0 Å². The molecule has 0 aromatic heterocycles. The second-order valence-corrected chi connectivity index (χ2v) is 18.1. The highest BCUT2D eigenvalue weighted by Crippen LogP contribution is 2.40. The van der Waals surface area contributed by atoms with Gasteiger partial charge in [-0.1, -0.05) is 117 Å². The first-order chi connectivity index (χ1) is 25.1. The smallest absolute Gasteiger partial charge is 0.306 e. The number of rotatable bonds is 34. The van der Waals surface area contributed by atoms with Crippen LogP contribution >= 0.6 is 7.82 Å². The lowest BCUT2D eigenvalue weighted by molar-refractivity contribution is -0.870. The van der Waals surface area contributed by atoms with Gasteiger partial charge in [0.25, 0.3) is 7.82 Å². The zero-order valence-electron chi connectivity index (χ0n) is 34.8. The highest BCUT2D eigenvalue weighted by atomic mass is 31.2. The number of phosphoric ester groups is 1. The van der Waals surface area contributed by atoms with E-state index in [-0.39, 0.29) is 26.1 Å². The van der Waals surface area contributed by atoms with Crippen molar-refractivity contribution in [1.82, 2.24) is 5.06 Å². The fourth-order valence-corrected chi connectivity index (χ4v) is 7.23. The third-order valence-electron chi connectivity index (χ3n) is 10.0. The molecule has 12 nitrogen and oxygen atoms in total. The molecule has 1 heterocycles. The van der Waals surface area contributed by atoms with E-state index in [1.54, 1.807) is 0 Å². The second-order valence-electron chi connectivity index (χ2n) is 16.7. The Balaban J connectivity index is 2.36. The predicted octanol–water partition coefficient (Wildman–Crippen LogP) is 8.81. The molecular formula is C40H78N2O10P. The zero-order valence-corrected chi connectivity index (χ0v) is 35.7. The molecule has 2 unspecified atom stereocenters. The van der Waals surface area contributed by atoms with E-state index in [1.807, 2.05) is 41.9 Å². The highest BCUT2D eigenvalue weighted by Gasteiger charge is 2.51. The topological polar surface area (TPSA) is 144 Å². The van der Waals surface area contributed by atoms with Crippen LogP contribution < -0.4 is 4.89 Å². The molecule has 13 heteroatoms. The van der Waals surface area contributed by atoms with Crippen molar-refractivity contribution in [2.75, 3.05) is 54.1 Å². The fourth-order valence-electron chi connectivity index (χ4n) is 6.50. The molecule has 0 amide bonds. The Hall–Kier alpha value is -1.11. The summed E-state index contributed by atoms with van der Waals surface area (Å²) in [6.45, 7) is 8.22. The largest absolute Gasteiger partial charge is 0.756 e. The normalized spacial score (nSPS) is 19.3. The molecule has 0 spiro atoms. The molecule has 0 saturated carbocycles. The summed E-state index contributed by atoms with van der Waals surface area (Å²) in [5.74, 6) is -0.888. The van der Waals surface area contributed by atoms with Crippen LogP contribution in [0.5, 0.6) is 0 Å². The van der Waals surface area contributed by atoms with Crippen LogP contribution in [0.3, 0.4) is 0 Å². The molecule has 1 radical (unpaired) electrons. The summed E-state index contributed by atoms with van der Waals surface area (Å²) in [4.78, 5) is 37.5. The van der Waals surface area contributed by atoms with Gasteiger partial charge >= 0.3 is 11.9 Å². The van der Waals surface area contributed by atoms with E-state index in [9.17, 15) is 24.3 Å². The lowest BCUT2D eigenvalue weighted by Crippen LogP contribution is -2.49. The molecule has 0 aromatic carbocycles. The Kier molecular flexibility index (Phi) is 25.9. The van der Waals surface area contributed by atoms with Gasteiger partial charge in [0, 0.05) is 12.8 Å². The Bertz CT molecular complexity index is 1020. The maximum absolute atomic E-state index is 12.8. The van der Waals surface area contributed by atoms with Crippen LogP contribution in [0.25, 0.3) is 0 Å². The van der Waals surface area contributed by atoms with Crippen molar-refractivity contribution >= 4 is 19.8 Å². The monoisotopic (exact) mass is 778 g/mol. The summed E-state index contributed by atoms with van der Waals surface area (Å²) in [5.41, 5.74) is -1.16. The number of hydrogen-bond acceptors (Lipinski definition) is 10. The number of quaternary nitrogens is 1. The van der Waals surface area contributed by atoms with Crippen LogP contribution in [-0.2, 0) is 42.6 Å². The van der Waals surface area contributed by atoms with Crippen molar-refractivity contribution in [3.05, 3.63) is 0 Å². The summed E-state index contributed by atoms with van der Waals surface area (Å²) < 4.78 is 39.8. The van der Waals surface area contributed by atoms with Crippen molar-refractivity contribution < 1.29 is 52.0 Å². The molecule has 3 atom stereocenters. The number of nitrogens with zero attached hydrogens (tertiary/aromatic N) is 2.